The average molecular weight is 295 g/mol. The molecule has 8 heteroatoms. The number of hydrogen-bond donors (Lipinski definition) is 2. The zero-order chi connectivity index (χ0) is 15.2. The van der Waals surface area contributed by atoms with Crippen molar-refractivity contribution in [2.75, 3.05) is 37.4 Å². The van der Waals surface area contributed by atoms with Crippen LogP contribution in [0.3, 0.4) is 0 Å². The summed E-state index contributed by atoms with van der Waals surface area (Å²) >= 11 is 0. The van der Waals surface area contributed by atoms with E-state index in [4.69, 9.17) is 10.5 Å². The third-order valence-corrected chi connectivity index (χ3v) is 3.26. The van der Waals surface area contributed by atoms with Crippen molar-refractivity contribution in [3.63, 3.8) is 0 Å². The van der Waals surface area contributed by atoms with Crippen LogP contribution >= 0.6 is 0 Å². The largest absolute Gasteiger partial charge is 0.476 e. The highest BCUT2D eigenvalue weighted by Gasteiger charge is 2.27. The van der Waals surface area contributed by atoms with Crippen LogP contribution < -0.4 is 20.7 Å². The van der Waals surface area contributed by atoms with Crippen LogP contribution in [0.1, 0.15) is 19.8 Å². The minimum atomic E-state index is -0.426. The number of nitrogens with zero attached hydrogens (tertiary/aromatic N) is 3. The van der Waals surface area contributed by atoms with Gasteiger partial charge in [-0.25, -0.2) is 9.78 Å². The maximum atomic E-state index is 11.2. The van der Waals surface area contributed by atoms with Crippen molar-refractivity contribution in [2.24, 2.45) is 0 Å². The number of nitrogens with two attached hydrogens (primary N) is 1. The molecule has 3 N–H and O–H groups in total. The van der Waals surface area contributed by atoms with Gasteiger partial charge in [-0.3, -0.25) is 0 Å². The molecule has 21 heavy (non-hydrogen) atoms. The number of carbonyl (C=O) groups excluding carboxylic acids is 1. The molecule has 1 aromatic rings. The lowest BCUT2D eigenvalue weighted by Crippen LogP contribution is -2.37. The van der Waals surface area contributed by atoms with Crippen molar-refractivity contribution >= 4 is 17.6 Å². The average Bonchev–Trinajstić information content (AvgIpc) is 2.94. The molecular formula is C13H21N5O3. The van der Waals surface area contributed by atoms with E-state index < -0.39 is 6.09 Å². The summed E-state index contributed by atoms with van der Waals surface area (Å²) in [6.45, 7) is 3.96. The van der Waals surface area contributed by atoms with E-state index in [1.165, 1.54) is 13.4 Å². The zero-order valence-corrected chi connectivity index (χ0v) is 12.3. The van der Waals surface area contributed by atoms with Crippen LogP contribution in [0, 0.1) is 0 Å². The molecule has 0 aromatic carbocycles. The molecule has 1 aromatic heterocycles. The number of methoxy groups -OCH3 is 1. The first-order valence-electron chi connectivity index (χ1n) is 6.98. The normalized spacial score (nSPS) is 17.6. The second kappa shape index (κ2) is 6.96. The van der Waals surface area contributed by atoms with Crippen LogP contribution in [-0.2, 0) is 4.74 Å². The molecule has 2 heterocycles. The molecule has 116 valence electrons. The SMILES string of the molecule is CCCOc1ncnc(N2CCC(NC(=O)OC)C2)c1N. The smallest absolute Gasteiger partial charge is 0.407 e. The second-order valence-electron chi connectivity index (χ2n) is 4.83. The van der Waals surface area contributed by atoms with Crippen LogP contribution in [-0.4, -0.2) is 48.9 Å². The highest BCUT2D eigenvalue weighted by molar-refractivity contribution is 5.69. The Morgan fingerprint density at radius 3 is 3.10 bits per heavy atom. The lowest BCUT2D eigenvalue weighted by atomic mass is 10.3. The Labute approximate surface area is 123 Å². The van der Waals surface area contributed by atoms with Crippen molar-refractivity contribution < 1.29 is 14.3 Å². The lowest BCUT2D eigenvalue weighted by Gasteiger charge is -2.20. The summed E-state index contributed by atoms with van der Waals surface area (Å²) in [5, 5.41) is 2.78. The fraction of sp³-hybridized carbons (Fsp3) is 0.615. The number of ether oxygens (including phenoxy) is 2. The fourth-order valence-corrected chi connectivity index (χ4v) is 2.23. The molecule has 0 aliphatic carbocycles. The number of rotatable bonds is 5. The predicted molar refractivity (Wildman–Crippen MR) is 78.4 cm³/mol. The van der Waals surface area contributed by atoms with Gasteiger partial charge in [-0.1, -0.05) is 6.92 Å². The molecule has 8 nitrogen and oxygen atoms in total. The molecule has 0 bridgehead atoms. The van der Waals surface area contributed by atoms with Crippen LogP contribution in [0.4, 0.5) is 16.3 Å². The molecular weight excluding hydrogens is 274 g/mol. The van der Waals surface area contributed by atoms with Gasteiger partial charge in [-0.2, -0.15) is 4.98 Å². The van der Waals surface area contributed by atoms with Crippen molar-refractivity contribution in [2.45, 2.75) is 25.8 Å². The number of nitrogens with one attached hydrogen (secondary N) is 1. The Bertz CT molecular complexity index is 497. The van der Waals surface area contributed by atoms with Crippen LogP contribution in [0.25, 0.3) is 0 Å². The van der Waals surface area contributed by atoms with E-state index in [1.54, 1.807) is 0 Å². The van der Waals surface area contributed by atoms with Crippen molar-refractivity contribution in [3.8, 4) is 5.88 Å². The van der Waals surface area contributed by atoms with Gasteiger partial charge in [0.15, 0.2) is 5.82 Å². The Balaban J connectivity index is 2.04. The molecule has 0 radical (unpaired) electrons. The third-order valence-electron chi connectivity index (χ3n) is 3.26. The predicted octanol–water partition coefficient (Wildman–Crippen LogP) is 0.782. The second-order valence-corrected chi connectivity index (χ2v) is 4.83. The molecule has 1 aliphatic heterocycles. The third kappa shape index (κ3) is 3.65. The maximum absolute atomic E-state index is 11.2. The number of nitrogen functional groups attached to an aromatic ring is 1. The van der Waals surface area contributed by atoms with Gasteiger partial charge in [0.1, 0.15) is 12.0 Å². The lowest BCUT2D eigenvalue weighted by molar-refractivity contribution is 0.167. The van der Waals surface area contributed by atoms with E-state index in [-0.39, 0.29) is 6.04 Å². The highest BCUT2D eigenvalue weighted by atomic mass is 16.5. The summed E-state index contributed by atoms with van der Waals surface area (Å²) in [4.78, 5) is 21.5. The number of carbonyl (C=O) groups is 1. The van der Waals surface area contributed by atoms with E-state index in [2.05, 4.69) is 20.0 Å². The highest BCUT2D eigenvalue weighted by Crippen LogP contribution is 2.30. The number of hydrogen-bond acceptors (Lipinski definition) is 7. The number of alkyl carbamates (subject to hydrolysis) is 1. The Morgan fingerprint density at radius 1 is 1.57 bits per heavy atom. The standard InChI is InChI=1S/C13H21N5O3/c1-3-6-21-12-10(14)11(15-8-16-12)18-5-4-9(7-18)17-13(19)20-2/h8-9H,3-7,14H2,1-2H3,(H,17,19). The molecule has 1 unspecified atom stereocenters. The molecule has 1 aliphatic rings. The Hall–Kier alpha value is -2.25. The summed E-state index contributed by atoms with van der Waals surface area (Å²) in [6.07, 6.45) is 2.71. The van der Waals surface area contributed by atoms with Gasteiger partial charge in [0.25, 0.3) is 0 Å². The van der Waals surface area contributed by atoms with Gasteiger partial charge in [0, 0.05) is 13.1 Å². The Kier molecular flexibility index (Phi) is 5.02. The van der Waals surface area contributed by atoms with Gasteiger partial charge in [0.2, 0.25) is 5.88 Å². The Morgan fingerprint density at radius 2 is 2.38 bits per heavy atom. The first-order valence-corrected chi connectivity index (χ1v) is 6.98. The van der Waals surface area contributed by atoms with E-state index in [0.29, 0.717) is 30.5 Å². The fourth-order valence-electron chi connectivity index (χ4n) is 2.23. The van der Waals surface area contributed by atoms with Crippen molar-refractivity contribution in [1.29, 1.82) is 0 Å². The topological polar surface area (TPSA) is 103 Å². The van der Waals surface area contributed by atoms with E-state index >= 15 is 0 Å². The monoisotopic (exact) mass is 295 g/mol. The van der Waals surface area contributed by atoms with Crippen LogP contribution in [0.2, 0.25) is 0 Å². The van der Waals surface area contributed by atoms with E-state index in [1.807, 2.05) is 11.8 Å². The molecule has 1 saturated heterocycles. The summed E-state index contributed by atoms with van der Waals surface area (Å²) in [7, 11) is 1.35. The van der Waals surface area contributed by atoms with Gasteiger partial charge < -0.3 is 25.4 Å². The number of aromatic nitrogens is 2. The maximum Gasteiger partial charge on any atom is 0.407 e. The number of anilines is 2. The first-order chi connectivity index (χ1) is 10.2. The summed E-state index contributed by atoms with van der Waals surface area (Å²) in [5.41, 5.74) is 6.51. The van der Waals surface area contributed by atoms with Gasteiger partial charge in [-0.05, 0) is 12.8 Å². The molecule has 0 spiro atoms. The molecule has 0 saturated carbocycles. The van der Waals surface area contributed by atoms with Gasteiger partial charge in [-0.15, -0.1) is 0 Å². The number of amides is 1. The first kappa shape index (κ1) is 15.1. The zero-order valence-electron chi connectivity index (χ0n) is 12.3. The van der Waals surface area contributed by atoms with Crippen LogP contribution in [0.5, 0.6) is 5.88 Å². The molecule has 2 rings (SSSR count). The van der Waals surface area contributed by atoms with Crippen molar-refractivity contribution in [3.05, 3.63) is 6.33 Å². The summed E-state index contributed by atoms with van der Waals surface area (Å²) in [6, 6.07) is 0.0202. The molecule has 1 fully saturated rings. The summed E-state index contributed by atoms with van der Waals surface area (Å²) < 4.78 is 10.1. The van der Waals surface area contributed by atoms with Gasteiger partial charge in [0.05, 0.1) is 19.8 Å². The summed E-state index contributed by atoms with van der Waals surface area (Å²) in [5.74, 6) is 1.05. The quantitative estimate of drug-likeness (QED) is 0.827. The van der Waals surface area contributed by atoms with Crippen molar-refractivity contribution in [1.82, 2.24) is 15.3 Å². The van der Waals surface area contributed by atoms with E-state index in [9.17, 15) is 4.79 Å². The van der Waals surface area contributed by atoms with Crippen LogP contribution in [0.15, 0.2) is 6.33 Å². The van der Waals surface area contributed by atoms with E-state index in [0.717, 1.165) is 19.4 Å². The minimum absolute atomic E-state index is 0.0202. The minimum Gasteiger partial charge on any atom is -0.476 e. The van der Waals surface area contributed by atoms with Gasteiger partial charge >= 0.3 is 6.09 Å². The molecule has 1 amide bonds. The molecule has 1 atom stereocenters.